The molecular formula is C53H47NO4. The van der Waals surface area contributed by atoms with Gasteiger partial charge in [-0.25, -0.2) is 0 Å². The molecule has 1 unspecified atom stereocenters. The largest absolute Gasteiger partial charge is 0.872 e. The zero-order chi connectivity index (χ0) is 40.6. The van der Waals surface area contributed by atoms with Gasteiger partial charge >= 0.3 is 0 Å². The van der Waals surface area contributed by atoms with Gasteiger partial charge in [-0.15, -0.1) is 5.75 Å². The zero-order valence-corrected chi connectivity index (χ0v) is 32.9. The second kappa shape index (κ2) is 17.4. The van der Waals surface area contributed by atoms with E-state index in [1.807, 2.05) is 48.5 Å². The summed E-state index contributed by atoms with van der Waals surface area (Å²) in [5.74, 6) is 0.154. The molecule has 8 aromatic rings. The van der Waals surface area contributed by atoms with Gasteiger partial charge in [-0.1, -0.05) is 132 Å². The fourth-order valence-corrected chi connectivity index (χ4v) is 7.73. The summed E-state index contributed by atoms with van der Waals surface area (Å²) in [5, 5.41) is 41.1. The summed E-state index contributed by atoms with van der Waals surface area (Å²) in [7, 11) is 0. The van der Waals surface area contributed by atoms with E-state index >= 15 is 0 Å². The van der Waals surface area contributed by atoms with Crippen LogP contribution in [0, 0.1) is 20.8 Å². The van der Waals surface area contributed by atoms with E-state index in [0.29, 0.717) is 4.48 Å². The Morgan fingerprint density at radius 1 is 0.328 bits per heavy atom. The van der Waals surface area contributed by atoms with Gasteiger partial charge in [0.25, 0.3) is 0 Å². The van der Waals surface area contributed by atoms with Crippen molar-refractivity contribution in [3.05, 3.63) is 239 Å². The third kappa shape index (κ3) is 8.51. The second-order valence-corrected chi connectivity index (χ2v) is 14.8. The first-order valence-electron chi connectivity index (χ1n) is 19.4. The first kappa shape index (κ1) is 39.2. The summed E-state index contributed by atoms with van der Waals surface area (Å²) < 4.78 is 0.557. The van der Waals surface area contributed by atoms with Crippen LogP contribution in [0.2, 0.25) is 0 Å². The van der Waals surface area contributed by atoms with Crippen LogP contribution in [-0.2, 0) is 0 Å². The molecule has 288 valence electrons. The Balaban J connectivity index is 0.000000177. The molecule has 58 heavy (non-hydrogen) atoms. The van der Waals surface area contributed by atoms with Crippen molar-refractivity contribution in [3.8, 4) is 23.0 Å². The van der Waals surface area contributed by atoms with Crippen LogP contribution in [0.5, 0.6) is 23.0 Å². The van der Waals surface area contributed by atoms with Crippen molar-refractivity contribution in [1.82, 2.24) is 4.48 Å². The lowest BCUT2D eigenvalue weighted by molar-refractivity contribution is -0.268. The average molecular weight is 762 g/mol. The van der Waals surface area contributed by atoms with E-state index in [-0.39, 0.29) is 34.8 Å². The minimum atomic E-state index is -0.166. The van der Waals surface area contributed by atoms with Crippen molar-refractivity contribution in [3.63, 3.8) is 0 Å². The number of nitrogens with zero attached hydrogens (tertiary/aromatic N) is 1. The van der Waals surface area contributed by atoms with Crippen LogP contribution in [0.4, 0.5) is 22.7 Å². The summed E-state index contributed by atoms with van der Waals surface area (Å²) in [5.41, 5.74) is 12.6. The Kier molecular flexibility index (Phi) is 11.7. The minimum absolute atomic E-state index is 0.0611. The highest BCUT2D eigenvalue weighted by Gasteiger charge is 2.39. The van der Waals surface area contributed by atoms with Crippen LogP contribution >= 0.6 is 0 Å². The molecule has 8 aromatic carbocycles. The van der Waals surface area contributed by atoms with Gasteiger partial charge in [0.2, 0.25) is 0 Å². The van der Waals surface area contributed by atoms with Crippen molar-refractivity contribution < 1.29 is 20.4 Å². The third-order valence-electron chi connectivity index (χ3n) is 10.7. The molecule has 0 radical (unpaired) electrons. The molecule has 0 aromatic heterocycles. The van der Waals surface area contributed by atoms with Crippen LogP contribution in [0.3, 0.4) is 0 Å². The summed E-state index contributed by atoms with van der Waals surface area (Å²) in [6, 6.07) is 65.4. The molecule has 3 N–H and O–H groups in total. The molecule has 0 fully saturated rings. The maximum Gasteiger partial charge on any atom is 0.148 e. The highest BCUT2D eigenvalue weighted by molar-refractivity contribution is 5.81. The smallest absolute Gasteiger partial charge is 0.148 e. The van der Waals surface area contributed by atoms with Gasteiger partial charge in [-0.2, -0.15) is 4.48 Å². The highest BCUT2D eigenvalue weighted by atomic mass is 16.3. The van der Waals surface area contributed by atoms with Gasteiger partial charge in [0.05, 0.1) is 0 Å². The highest BCUT2D eigenvalue weighted by Crippen LogP contribution is 2.51. The number of quaternary nitrogens is 1. The maximum absolute atomic E-state index is 11.7. The number of hydrogen-bond acceptors (Lipinski definition) is 4. The summed E-state index contributed by atoms with van der Waals surface area (Å²) >= 11 is 0. The van der Waals surface area contributed by atoms with Crippen LogP contribution in [0.25, 0.3) is 0 Å². The van der Waals surface area contributed by atoms with E-state index in [0.717, 1.165) is 22.3 Å². The number of rotatable bonds is 9. The first-order chi connectivity index (χ1) is 28.1. The van der Waals surface area contributed by atoms with Gasteiger partial charge in [-0.05, 0) is 79.4 Å². The van der Waals surface area contributed by atoms with Gasteiger partial charge < -0.3 is 20.4 Å². The molecule has 5 nitrogen and oxygen atoms in total. The van der Waals surface area contributed by atoms with Gasteiger partial charge in [-0.3, -0.25) is 0 Å². The number of aromatic hydroxyl groups is 3. The number of hydrogen-bond donors (Lipinski definition) is 3. The van der Waals surface area contributed by atoms with Gasteiger partial charge in [0.15, 0.2) is 0 Å². The molecule has 0 saturated heterocycles. The van der Waals surface area contributed by atoms with Crippen molar-refractivity contribution in [2.75, 3.05) is 0 Å². The van der Waals surface area contributed by atoms with Gasteiger partial charge in [0, 0.05) is 60.4 Å². The lowest BCUT2D eigenvalue weighted by Crippen LogP contribution is -2.33. The molecule has 0 aliphatic carbocycles. The number of phenolic OH excluding ortho intramolecular Hbond substituents is 3. The predicted molar refractivity (Wildman–Crippen MR) is 235 cm³/mol. The van der Waals surface area contributed by atoms with E-state index in [2.05, 4.69) is 124 Å². The van der Waals surface area contributed by atoms with Crippen LogP contribution in [0.1, 0.15) is 50.8 Å². The standard InChI is InChI=1S/C27H26N.C26H22O4/c1-21-9-15-25(16-10-21)28(24-7-5-4-6-8-24,26-17-11-22(2)12-18-26)27-19-13-23(3)14-20-27;27-21-9-1-17(2-10-21)25(18-3-11-22(28)12-4-18)26(19-5-13-23(29)14-6-19)20-7-15-24(30)16-8-20/h4-20H,1-3H3;1-16,25-30H/q+1;/p-1. The topological polar surface area (TPSA) is 83.8 Å². The lowest BCUT2D eigenvalue weighted by atomic mass is 9.73. The fraction of sp³-hybridized carbons (Fsp3) is 0.0943. The minimum Gasteiger partial charge on any atom is -0.872 e. The van der Waals surface area contributed by atoms with Crippen LogP contribution < -0.4 is 9.59 Å². The van der Waals surface area contributed by atoms with E-state index in [1.165, 1.54) is 39.4 Å². The molecule has 0 saturated carbocycles. The van der Waals surface area contributed by atoms with Crippen molar-refractivity contribution >= 4 is 22.7 Å². The molecule has 0 heterocycles. The Morgan fingerprint density at radius 2 is 0.586 bits per heavy atom. The average Bonchev–Trinajstić information content (AvgIpc) is 3.24. The number of phenols is 3. The summed E-state index contributed by atoms with van der Waals surface area (Å²) in [6.07, 6.45) is 0. The Hall–Kier alpha value is -7.08. The van der Waals surface area contributed by atoms with E-state index < -0.39 is 0 Å². The monoisotopic (exact) mass is 761 g/mol. The predicted octanol–water partition coefficient (Wildman–Crippen LogP) is 12.8. The second-order valence-electron chi connectivity index (χ2n) is 14.8. The maximum atomic E-state index is 11.7. The van der Waals surface area contributed by atoms with Gasteiger partial charge in [0.1, 0.15) is 40.0 Å². The molecule has 0 bridgehead atoms. The third-order valence-corrected chi connectivity index (χ3v) is 10.7. The molecule has 8 rings (SSSR count). The molecule has 0 aliphatic rings. The molecule has 0 spiro atoms. The quantitative estimate of drug-likeness (QED) is 0.128. The number of aryl methyl sites for hydroxylation is 3. The zero-order valence-electron chi connectivity index (χ0n) is 32.9. The number of para-hydroxylation sites is 1. The van der Waals surface area contributed by atoms with E-state index in [4.69, 9.17) is 0 Å². The molecule has 5 heteroatoms. The first-order valence-corrected chi connectivity index (χ1v) is 19.4. The SMILES string of the molecule is Cc1ccc([N+](c2ccccc2)(c2ccc(C)cc2)c2ccc(C)cc2)cc1.[O-]c1ccc(C(c2ccc(O)cc2)C(c2ccc(O)cc2)c2ccc(O)cc2)cc1. The fourth-order valence-electron chi connectivity index (χ4n) is 7.73. The Morgan fingerprint density at radius 3 is 0.879 bits per heavy atom. The van der Waals surface area contributed by atoms with Crippen molar-refractivity contribution in [2.24, 2.45) is 0 Å². The summed E-state index contributed by atoms with van der Waals surface area (Å²) in [6.45, 7) is 6.41. The molecule has 0 amide bonds. The van der Waals surface area contributed by atoms with Crippen molar-refractivity contribution in [1.29, 1.82) is 0 Å². The summed E-state index contributed by atoms with van der Waals surface area (Å²) in [4.78, 5) is 0. The normalized spacial score (nSPS) is 11.7. The van der Waals surface area contributed by atoms with Crippen LogP contribution in [-0.4, -0.2) is 15.3 Å². The molecule has 1 atom stereocenters. The van der Waals surface area contributed by atoms with Crippen molar-refractivity contribution in [2.45, 2.75) is 32.6 Å². The van der Waals surface area contributed by atoms with E-state index in [9.17, 15) is 20.4 Å². The lowest BCUT2D eigenvalue weighted by Gasteiger charge is -2.37. The molecular weight excluding hydrogens is 715 g/mol. The van der Waals surface area contributed by atoms with Crippen LogP contribution in [0.15, 0.2) is 200 Å². The number of benzene rings is 8. The molecule has 0 aliphatic heterocycles. The van der Waals surface area contributed by atoms with E-state index in [1.54, 1.807) is 48.5 Å². The Labute approximate surface area is 341 Å². The Bertz CT molecular complexity index is 2220.